The molecule has 1 aliphatic carbocycles. The number of rotatable bonds is 12. The van der Waals surface area contributed by atoms with Crippen LogP contribution in [0.5, 0.6) is 0 Å². The Bertz CT molecular complexity index is 990. The minimum Gasteiger partial charge on any atom is -0.481 e. The summed E-state index contributed by atoms with van der Waals surface area (Å²) in [6, 6.07) is 14.5. The molecular weight excluding hydrogens is 452 g/mol. The average Bonchev–Trinajstić information content (AvgIpc) is 3.18. The Kier molecular flexibility index (Phi) is 9.22. The van der Waals surface area contributed by atoms with Gasteiger partial charge in [0.2, 0.25) is 5.91 Å². The Morgan fingerprint density at radius 3 is 2.03 bits per heavy atom. The predicted octanol–water partition coefficient (Wildman–Crippen LogP) is 2.88. The Hall–Kier alpha value is -3.43. The molecule has 9 heteroatoms. The normalized spacial score (nSPS) is 13.1. The highest BCUT2D eigenvalue weighted by Crippen LogP contribution is 2.44. The summed E-state index contributed by atoms with van der Waals surface area (Å²) < 4.78 is 15.9. The lowest BCUT2D eigenvalue weighted by Crippen LogP contribution is -2.52. The topological polar surface area (TPSA) is 114 Å². The molecule has 0 aliphatic heterocycles. The van der Waals surface area contributed by atoms with E-state index < -0.39 is 30.1 Å². The molecule has 188 valence electrons. The SMILES string of the molecule is COCC(COC)N(C)C(=O)C(CCC(=O)O)NC(=O)OCC1c2ccccc2-c2ccccc21. The Balaban J connectivity index is 1.69. The number of ether oxygens (including phenoxy) is 3. The van der Waals surface area contributed by atoms with E-state index in [4.69, 9.17) is 19.3 Å². The molecule has 1 atom stereocenters. The molecule has 0 aromatic heterocycles. The molecule has 0 radical (unpaired) electrons. The number of carboxylic acid groups (broad SMARTS) is 1. The van der Waals surface area contributed by atoms with Crippen LogP contribution in [0.2, 0.25) is 0 Å². The number of amides is 2. The second kappa shape index (κ2) is 12.3. The maximum atomic E-state index is 13.1. The zero-order valence-electron chi connectivity index (χ0n) is 20.2. The molecule has 1 aliphatic rings. The smallest absolute Gasteiger partial charge is 0.407 e. The molecule has 0 spiro atoms. The van der Waals surface area contributed by atoms with Crippen molar-refractivity contribution in [2.24, 2.45) is 0 Å². The van der Waals surface area contributed by atoms with Crippen LogP contribution in [0.1, 0.15) is 29.9 Å². The first-order chi connectivity index (χ1) is 16.9. The van der Waals surface area contributed by atoms with Gasteiger partial charge < -0.3 is 29.5 Å². The predicted molar refractivity (Wildman–Crippen MR) is 129 cm³/mol. The van der Waals surface area contributed by atoms with E-state index in [-0.39, 0.29) is 38.6 Å². The maximum Gasteiger partial charge on any atom is 0.407 e. The number of carboxylic acids is 1. The highest BCUT2D eigenvalue weighted by atomic mass is 16.5. The first kappa shape index (κ1) is 26.2. The van der Waals surface area contributed by atoms with E-state index in [9.17, 15) is 14.4 Å². The van der Waals surface area contributed by atoms with Gasteiger partial charge in [0.15, 0.2) is 0 Å². The molecule has 2 aromatic carbocycles. The third-order valence-electron chi connectivity index (χ3n) is 6.19. The molecule has 35 heavy (non-hydrogen) atoms. The molecule has 2 amide bonds. The Morgan fingerprint density at radius 2 is 1.51 bits per heavy atom. The number of nitrogens with one attached hydrogen (secondary N) is 1. The fourth-order valence-electron chi connectivity index (χ4n) is 4.39. The van der Waals surface area contributed by atoms with Crippen LogP contribution in [0, 0.1) is 0 Å². The quantitative estimate of drug-likeness (QED) is 0.476. The van der Waals surface area contributed by atoms with Crippen molar-refractivity contribution in [3.63, 3.8) is 0 Å². The van der Waals surface area contributed by atoms with Gasteiger partial charge in [-0.15, -0.1) is 0 Å². The highest BCUT2D eigenvalue weighted by Gasteiger charge is 2.31. The molecule has 0 fully saturated rings. The zero-order valence-corrected chi connectivity index (χ0v) is 20.2. The van der Waals surface area contributed by atoms with Gasteiger partial charge in [-0.1, -0.05) is 48.5 Å². The second-order valence-electron chi connectivity index (χ2n) is 8.47. The molecule has 2 N–H and O–H groups in total. The van der Waals surface area contributed by atoms with E-state index in [0.29, 0.717) is 0 Å². The van der Waals surface area contributed by atoms with E-state index in [1.807, 2.05) is 48.5 Å². The molecule has 0 heterocycles. The highest BCUT2D eigenvalue weighted by molar-refractivity contribution is 5.86. The fourth-order valence-corrected chi connectivity index (χ4v) is 4.39. The van der Waals surface area contributed by atoms with Gasteiger partial charge in [-0.3, -0.25) is 9.59 Å². The lowest BCUT2D eigenvalue weighted by molar-refractivity contribution is -0.139. The number of aliphatic carboxylic acids is 1. The first-order valence-electron chi connectivity index (χ1n) is 11.4. The van der Waals surface area contributed by atoms with Gasteiger partial charge in [0, 0.05) is 33.6 Å². The number of hydrogen-bond donors (Lipinski definition) is 2. The summed E-state index contributed by atoms with van der Waals surface area (Å²) in [5, 5.41) is 11.7. The molecule has 1 unspecified atom stereocenters. The third-order valence-corrected chi connectivity index (χ3v) is 6.19. The number of likely N-dealkylation sites (N-methyl/N-ethyl adjacent to an activating group) is 1. The Morgan fingerprint density at radius 1 is 0.971 bits per heavy atom. The van der Waals surface area contributed by atoms with Crippen LogP contribution in [-0.2, 0) is 23.8 Å². The van der Waals surface area contributed by atoms with Crippen molar-refractivity contribution in [3.05, 3.63) is 59.7 Å². The van der Waals surface area contributed by atoms with Gasteiger partial charge >= 0.3 is 12.1 Å². The third kappa shape index (κ3) is 6.37. The van der Waals surface area contributed by atoms with Gasteiger partial charge in [0.1, 0.15) is 12.6 Å². The molecule has 0 saturated heterocycles. The van der Waals surface area contributed by atoms with Crippen LogP contribution in [0.25, 0.3) is 11.1 Å². The summed E-state index contributed by atoms with van der Waals surface area (Å²) in [5.41, 5.74) is 4.36. The van der Waals surface area contributed by atoms with E-state index >= 15 is 0 Å². The van der Waals surface area contributed by atoms with Gasteiger partial charge in [-0.2, -0.15) is 0 Å². The summed E-state index contributed by atoms with van der Waals surface area (Å²) >= 11 is 0. The van der Waals surface area contributed by atoms with E-state index in [2.05, 4.69) is 5.32 Å². The first-order valence-corrected chi connectivity index (χ1v) is 11.4. The summed E-state index contributed by atoms with van der Waals surface area (Å²) in [5.74, 6) is -1.64. The molecule has 0 bridgehead atoms. The Labute approximate surface area is 205 Å². The van der Waals surface area contributed by atoms with Crippen molar-refractivity contribution >= 4 is 18.0 Å². The average molecular weight is 485 g/mol. The van der Waals surface area contributed by atoms with Crippen LogP contribution < -0.4 is 5.32 Å². The van der Waals surface area contributed by atoms with Gasteiger partial charge in [-0.05, 0) is 28.7 Å². The summed E-state index contributed by atoms with van der Waals surface area (Å²) in [7, 11) is 4.59. The van der Waals surface area contributed by atoms with E-state index in [1.165, 1.54) is 19.1 Å². The van der Waals surface area contributed by atoms with Crippen molar-refractivity contribution in [2.75, 3.05) is 41.1 Å². The number of benzene rings is 2. The molecular formula is C26H32N2O7. The summed E-state index contributed by atoms with van der Waals surface area (Å²) in [6.45, 7) is 0.546. The molecule has 0 saturated carbocycles. The number of nitrogens with zero attached hydrogens (tertiary/aromatic N) is 1. The molecule has 3 rings (SSSR count). The van der Waals surface area contributed by atoms with Crippen LogP contribution in [0.15, 0.2) is 48.5 Å². The van der Waals surface area contributed by atoms with Gasteiger partial charge in [0.25, 0.3) is 0 Å². The summed E-state index contributed by atoms with van der Waals surface area (Å²) in [6.07, 6.45) is -1.14. The number of fused-ring (bicyclic) bond motifs is 3. The van der Waals surface area contributed by atoms with Crippen molar-refractivity contribution < 1.29 is 33.7 Å². The molecule has 2 aromatic rings. The maximum absolute atomic E-state index is 13.1. The molecule has 9 nitrogen and oxygen atoms in total. The monoisotopic (exact) mass is 484 g/mol. The largest absolute Gasteiger partial charge is 0.481 e. The minimum atomic E-state index is -1.07. The fraction of sp³-hybridized carbons (Fsp3) is 0.423. The van der Waals surface area contributed by atoms with Crippen molar-refractivity contribution in [1.82, 2.24) is 10.2 Å². The number of methoxy groups -OCH3 is 2. The van der Waals surface area contributed by atoms with Gasteiger partial charge in [-0.25, -0.2) is 4.79 Å². The van der Waals surface area contributed by atoms with Crippen molar-refractivity contribution in [2.45, 2.75) is 30.8 Å². The summed E-state index contributed by atoms with van der Waals surface area (Å²) in [4.78, 5) is 38.4. The number of alkyl carbamates (subject to hydrolysis) is 1. The second-order valence-corrected chi connectivity index (χ2v) is 8.47. The number of carbonyl (C=O) groups excluding carboxylic acids is 2. The standard InChI is InChI=1S/C26H32N2O7/c1-28(17(14-33-2)15-34-3)25(31)23(12-13-24(29)30)27-26(32)35-16-22-20-10-6-4-8-18(20)19-9-5-7-11-21(19)22/h4-11,17,22-23H,12-16H2,1-3H3,(H,27,32)(H,29,30). The van der Waals surface area contributed by atoms with E-state index in [0.717, 1.165) is 22.3 Å². The minimum absolute atomic E-state index is 0.0740. The van der Waals surface area contributed by atoms with Crippen molar-refractivity contribution in [1.29, 1.82) is 0 Å². The number of hydrogen-bond acceptors (Lipinski definition) is 6. The van der Waals surface area contributed by atoms with Crippen LogP contribution in [0.4, 0.5) is 4.79 Å². The van der Waals surface area contributed by atoms with Crippen LogP contribution in [-0.4, -0.2) is 81.1 Å². The number of carbonyl (C=O) groups is 3. The zero-order chi connectivity index (χ0) is 25.4. The van der Waals surface area contributed by atoms with Crippen molar-refractivity contribution in [3.8, 4) is 11.1 Å². The van der Waals surface area contributed by atoms with Crippen LogP contribution in [0.3, 0.4) is 0 Å². The van der Waals surface area contributed by atoms with Crippen LogP contribution >= 0.6 is 0 Å². The lowest BCUT2D eigenvalue weighted by Gasteiger charge is -2.30. The van der Waals surface area contributed by atoms with Gasteiger partial charge in [0.05, 0.1) is 19.3 Å². The lowest BCUT2D eigenvalue weighted by atomic mass is 9.98. The van der Waals surface area contributed by atoms with E-state index in [1.54, 1.807) is 7.05 Å².